The van der Waals surface area contributed by atoms with Crippen LogP contribution in [0.3, 0.4) is 0 Å². The summed E-state index contributed by atoms with van der Waals surface area (Å²) in [6.07, 6.45) is 0.269. The van der Waals surface area contributed by atoms with Crippen LogP contribution in [0.4, 0.5) is 11.4 Å². The van der Waals surface area contributed by atoms with Crippen molar-refractivity contribution in [3.63, 3.8) is 0 Å². The van der Waals surface area contributed by atoms with Crippen molar-refractivity contribution in [3.05, 3.63) is 23.2 Å². The number of anilines is 2. The van der Waals surface area contributed by atoms with E-state index in [0.29, 0.717) is 16.4 Å². The second-order valence-corrected chi connectivity index (χ2v) is 4.83. The van der Waals surface area contributed by atoms with E-state index in [1.54, 1.807) is 25.3 Å². The molecule has 4 nitrogen and oxygen atoms in total. The molecule has 0 heterocycles. The third-order valence-electron chi connectivity index (χ3n) is 2.42. The molecule has 0 aliphatic carbocycles. The van der Waals surface area contributed by atoms with Gasteiger partial charge in [-0.1, -0.05) is 11.6 Å². The minimum absolute atomic E-state index is 0.127. The van der Waals surface area contributed by atoms with Gasteiger partial charge >= 0.3 is 0 Å². The van der Waals surface area contributed by atoms with Crippen LogP contribution in [-0.4, -0.2) is 18.6 Å². The quantitative estimate of drug-likeness (QED) is 0.814. The molecule has 1 rings (SSSR count). The van der Waals surface area contributed by atoms with Crippen molar-refractivity contribution in [2.24, 2.45) is 0 Å². The van der Waals surface area contributed by atoms with Crippen LogP contribution in [0.15, 0.2) is 18.2 Å². The number of halogens is 1. The average Bonchev–Trinajstić information content (AvgIpc) is 2.23. The largest absolute Gasteiger partial charge is 0.398 e. The molecule has 94 valence electrons. The Morgan fingerprint density at radius 3 is 2.71 bits per heavy atom. The van der Waals surface area contributed by atoms with E-state index in [1.165, 1.54) is 0 Å². The zero-order chi connectivity index (χ0) is 13.1. The first-order valence-electron chi connectivity index (χ1n) is 5.24. The van der Waals surface area contributed by atoms with E-state index in [9.17, 15) is 4.79 Å². The van der Waals surface area contributed by atoms with Gasteiger partial charge in [0.1, 0.15) is 0 Å². The van der Waals surface area contributed by atoms with Crippen molar-refractivity contribution in [2.45, 2.75) is 25.9 Å². The Morgan fingerprint density at radius 2 is 2.18 bits per heavy atom. The van der Waals surface area contributed by atoms with Gasteiger partial charge in [-0.2, -0.15) is 0 Å². The summed E-state index contributed by atoms with van der Waals surface area (Å²) in [5, 5.41) is 3.17. The highest BCUT2D eigenvalue weighted by atomic mass is 35.5. The molecule has 5 heteroatoms. The number of benzene rings is 1. The molecule has 0 saturated heterocycles. The van der Waals surface area contributed by atoms with Gasteiger partial charge in [-0.25, -0.2) is 0 Å². The number of rotatable bonds is 4. The van der Waals surface area contributed by atoms with E-state index in [0.717, 1.165) is 0 Å². The molecule has 0 unspecified atom stereocenters. The number of nitrogen functional groups attached to an aromatic ring is 1. The van der Waals surface area contributed by atoms with E-state index in [4.69, 9.17) is 22.1 Å². The highest BCUT2D eigenvalue weighted by molar-refractivity contribution is 6.33. The van der Waals surface area contributed by atoms with Crippen LogP contribution in [0.2, 0.25) is 5.02 Å². The molecule has 3 N–H and O–H groups in total. The van der Waals surface area contributed by atoms with Gasteiger partial charge in [0.15, 0.2) is 0 Å². The third kappa shape index (κ3) is 4.24. The summed E-state index contributed by atoms with van der Waals surface area (Å²) in [7, 11) is 1.58. The number of carbonyl (C=O) groups is 1. The summed E-state index contributed by atoms with van der Waals surface area (Å²) in [6.45, 7) is 3.70. The molecule has 0 atom stereocenters. The van der Waals surface area contributed by atoms with Gasteiger partial charge in [0.2, 0.25) is 5.91 Å². The first-order chi connectivity index (χ1) is 7.84. The van der Waals surface area contributed by atoms with Gasteiger partial charge in [-0.15, -0.1) is 0 Å². The maximum Gasteiger partial charge on any atom is 0.227 e. The van der Waals surface area contributed by atoms with Gasteiger partial charge in [0.25, 0.3) is 0 Å². The number of nitrogens with one attached hydrogen (secondary N) is 1. The fraction of sp³-hybridized carbons (Fsp3) is 0.417. The smallest absolute Gasteiger partial charge is 0.227 e. The van der Waals surface area contributed by atoms with Gasteiger partial charge in [-0.3, -0.25) is 4.79 Å². The molecular formula is C12H17ClN2O2. The van der Waals surface area contributed by atoms with Crippen LogP contribution in [0.25, 0.3) is 0 Å². The van der Waals surface area contributed by atoms with Gasteiger partial charge in [0, 0.05) is 12.8 Å². The first kappa shape index (κ1) is 13.8. The molecule has 0 aliphatic rings. The second-order valence-electron chi connectivity index (χ2n) is 4.43. The predicted molar refractivity (Wildman–Crippen MR) is 70.2 cm³/mol. The van der Waals surface area contributed by atoms with E-state index in [-0.39, 0.29) is 12.3 Å². The maximum absolute atomic E-state index is 11.7. The Bertz CT molecular complexity index is 419. The third-order valence-corrected chi connectivity index (χ3v) is 2.75. The lowest BCUT2D eigenvalue weighted by atomic mass is 10.0. The van der Waals surface area contributed by atoms with E-state index >= 15 is 0 Å². The normalized spacial score (nSPS) is 11.3. The van der Waals surface area contributed by atoms with Crippen LogP contribution >= 0.6 is 11.6 Å². The highest BCUT2D eigenvalue weighted by Gasteiger charge is 2.21. The first-order valence-corrected chi connectivity index (χ1v) is 5.62. The van der Waals surface area contributed by atoms with E-state index in [2.05, 4.69) is 5.32 Å². The van der Waals surface area contributed by atoms with Crippen LogP contribution in [0, 0.1) is 0 Å². The lowest BCUT2D eigenvalue weighted by Crippen LogP contribution is -2.29. The van der Waals surface area contributed by atoms with Crippen LogP contribution < -0.4 is 11.1 Å². The number of hydrogen-bond donors (Lipinski definition) is 2. The molecule has 0 fully saturated rings. The van der Waals surface area contributed by atoms with Crippen molar-refractivity contribution in [1.82, 2.24) is 0 Å². The van der Waals surface area contributed by atoms with E-state index < -0.39 is 5.60 Å². The molecule has 1 amide bonds. The van der Waals surface area contributed by atoms with Crippen LogP contribution in [-0.2, 0) is 9.53 Å². The standard InChI is InChI=1S/C12H17ClN2O2/c1-12(2,17-3)7-11(16)15-8-4-5-10(14)9(13)6-8/h4-6H,7,14H2,1-3H3,(H,15,16). The van der Waals surface area contributed by atoms with E-state index in [1.807, 2.05) is 13.8 Å². The lowest BCUT2D eigenvalue weighted by Gasteiger charge is -2.21. The van der Waals surface area contributed by atoms with Crippen LogP contribution in [0.5, 0.6) is 0 Å². The summed E-state index contributed by atoms with van der Waals surface area (Å²) in [4.78, 5) is 11.7. The Labute approximate surface area is 106 Å². The predicted octanol–water partition coefficient (Wildman–Crippen LogP) is 2.68. The van der Waals surface area contributed by atoms with Crippen molar-refractivity contribution in [2.75, 3.05) is 18.2 Å². The van der Waals surface area contributed by atoms with Gasteiger partial charge < -0.3 is 15.8 Å². The van der Waals surface area contributed by atoms with Crippen molar-refractivity contribution in [1.29, 1.82) is 0 Å². The molecule has 1 aromatic carbocycles. The number of hydrogen-bond acceptors (Lipinski definition) is 3. The molecule has 1 aromatic rings. The SMILES string of the molecule is COC(C)(C)CC(=O)Nc1ccc(N)c(Cl)c1. The Morgan fingerprint density at radius 1 is 1.53 bits per heavy atom. The molecule has 0 radical (unpaired) electrons. The minimum atomic E-state index is -0.484. The summed E-state index contributed by atoms with van der Waals surface area (Å²) >= 11 is 5.86. The molecule has 0 spiro atoms. The summed E-state index contributed by atoms with van der Waals surface area (Å²) < 4.78 is 5.18. The summed E-state index contributed by atoms with van der Waals surface area (Å²) in [5.74, 6) is -0.127. The number of amides is 1. The second kappa shape index (κ2) is 5.38. The molecule has 17 heavy (non-hydrogen) atoms. The van der Waals surface area contributed by atoms with Crippen LogP contribution in [0.1, 0.15) is 20.3 Å². The average molecular weight is 257 g/mol. The Balaban J connectivity index is 2.65. The monoisotopic (exact) mass is 256 g/mol. The zero-order valence-corrected chi connectivity index (χ0v) is 11.0. The number of ether oxygens (including phenoxy) is 1. The summed E-state index contributed by atoms with van der Waals surface area (Å²) in [5.41, 5.74) is 6.21. The number of carbonyl (C=O) groups excluding carboxylic acids is 1. The molecule has 0 saturated carbocycles. The topological polar surface area (TPSA) is 64.3 Å². The molecular weight excluding hydrogens is 240 g/mol. The fourth-order valence-electron chi connectivity index (χ4n) is 1.27. The zero-order valence-electron chi connectivity index (χ0n) is 10.2. The van der Waals surface area contributed by atoms with Gasteiger partial charge in [-0.05, 0) is 32.0 Å². The van der Waals surface area contributed by atoms with Crippen molar-refractivity contribution < 1.29 is 9.53 Å². The molecule has 0 bridgehead atoms. The maximum atomic E-state index is 11.7. The number of methoxy groups -OCH3 is 1. The number of nitrogens with two attached hydrogens (primary N) is 1. The minimum Gasteiger partial charge on any atom is -0.398 e. The Hall–Kier alpha value is -1.26. The molecule has 0 aromatic heterocycles. The van der Waals surface area contributed by atoms with Gasteiger partial charge in [0.05, 0.1) is 22.7 Å². The van der Waals surface area contributed by atoms with Crippen molar-refractivity contribution >= 4 is 28.9 Å². The lowest BCUT2D eigenvalue weighted by molar-refractivity contribution is -0.121. The summed E-state index contributed by atoms with van der Waals surface area (Å²) in [6, 6.07) is 4.98. The Kier molecular flexibility index (Phi) is 4.37. The molecule has 0 aliphatic heterocycles. The fourth-order valence-corrected chi connectivity index (χ4v) is 1.45. The highest BCUT2D eigenvalue weighted by Crippen LogP contribution is 2.23. The van der Waals surface area contributed by atoms with Crippen molar-refractivity contribution in [3.8, 4) is 0 Å².